The topological polar surface area (TPSA) is 76.5 Å². The molecule has 0 atom stereocenters. The molecular weight excluding hydrogens is 384 g/mol. The highest BCUT2D eigenvalue weighted by Gasteiger charge is 2.35. The number of allylic oxidation sites excluding steroid dienone is 4. The first-order valence-corrected chi connectivity index (χ1v) is 10.9. The molecule has 2 aromatic rings. The molecule has 1 heterocycles. The second-order valence-electron chi connectivity index (χ2n) is 9.27. The van der Waals surface area contributed by atoms with Gasteiger partial charge >= 0.3 is 0 Å². The van der Waals surface area contributed by atoms with Crippen LogP contribution in [-0.4, -0.2) is 24.9 Å². The van der Waals surface area contributed by atoms with E-state index in [1.165, 1.54) is 6.07 Å². The van der Waals surface area contributed by atoms with Crippen molar-refractivity contribution in [3.8, 4) is 0 Å². The first kappa shape index (κ1) is 21.1. The van der Waals surface area contributed by atoms with E-state index < -0.39 is 20.9 Å². The van der Waals surface area contributed by atoms with Crippen LogP contribution < -0.4 is 0 Å². The zero-order valence-electron chi connectivity index (χ0n) is 17.6. The van der Waals surface area contributed by atoms with Gasteiger partial charge in [0.2, 0.25) is 0 Å². The SMILES string of the molecule is CC(C)(C)C1=CC(=NS(=O)(=O)c2cccc3cccnc23)C=C(C(C)(C)C)C1=O. The summed E-state index contributed by atoms with van der Waals surface area (Å²) in [6, 6.07) is 8.56. The van der Waals surface area contributed by atoms with Crippen LogP contribution in [0.1, 0.15) is 41.5 Å². The van der Waals surface area contributed by atoms with Gasteiger partial charge in [-0.3, -0.25) is 9.78 Å². The van der Waals surface area contributed by atoms with Crippen LogP contribution in [-0.2, 0) is 14.8 Å². The fourth-order valence-electron chi connectivity index (χ4n) is 3.25. The molecule has 0 fully saturated rings. The highest BCUT2D eigenvalue weighted by atomic mass is 32.2. The van der Waals surface area contributed by atoms with E-state index in [9.17, 15) is 13.2 Å². The van der Waals surface area contributed by atoms with Gasteiger partial charge in [0.15, 0.2) is 5.78 Å². The monoisotopic (exact) mass is 410 g/mol. The molecule has 0 radical (unpaired) electrons. The third-order valence-electron chi connectivity index (χ3n) is 4.79. The number of fused-ring (bicyclic) bond motifs is 1. The molecule has 152 valence electrons. The average Bonchev–Trinajstić information content (AvgIpc) is 2.60. The van der Waals surface area contributed by atoms with Crippen LogP contribution in [0.15, 0.2) is 69.1 Å². The molecule has 1 aliphatic rings. The predicted octanol–water partition coefficient (Wildman–Crippen LogP) is 4.89. The maximum absolute atomic E-state index is 13.1. The molecule has 0 bridgehead atoms. The number of Topliss-reactive ketones (excluding diaryl/α,β-unsaturated/α-hetero) is 1. The van der Waals surface area contributed by atoms with Crippen molar-refractivity contribution < 1.29 is 13.2 Å². The molecule has 5 nitrogen and oxygen atoms in total. The number of para-hydroxylation sites is 1. The van der Waals surface area contributed by atoms with Crippen molar-refractivity contribution in [2.75, 3.05) is 0 Å². The minimum absolute atomic E-state index is 0.0522. The molecule has 6 heteroatoms. The second kappa shape index (κ2) is 7.02. The van der Waals surface area contributed by atoms with E-state index in [0.717, 1.165) is 5.39 Å². The fraction of sp³-hybridized carbons (Fsp3) is 0.348. The number of ketones is 1. The molecule has 1 aromatic heterocycles. The Hall–Kier alpha value is -2.60. The van der Waals surface area contributed by atoms with E-state index in [1.807, 2.05) is 53.7 Å². The molecule has 1 aliphatic carbocycles. The number of hydrogen-bond acceptors (Lipinski definition) is 4. The Morgan fingerprint density at radius 3 is 1.97 bits per heavy atom. The van der Waals surface area contributed by atoms with Gasteiger partial charge in [-0.15, -0.1) is 0 Å². The van der Waals surface area contributed by atoms with Crippen molar-refractivity contribution in [2.24, 2.45) is 15.2 Å². The molecule has 1 aromatic carbocycles. The van der Waals surface area contributed by atoms with Crippen LogP contribution in [0.25, 0.3) is 10.9 Å². The van der Waals surface area contributed by atoms with Gasteiger partial charge in [-0.05, 0) is 35.1 Å². The lowest BCUT2D eigenvalue weighted by molar-refractivity contribution is -0.114. The molecule has 0 aliphatic heterocycles. The molecule has 0 N–H and O–H groups in total. The average molecular weight is 411 g/mol. The van der Waals surface area contributed by atoms with Gasteiger partial charge in [-0.1, -0.05) is 59.7 Å². The number of hydrogen-bond donors (Lipinski definition) is 0. The maximum Gasteiger partial charge on any atom is 0.285 e. The van der Waals surface area contributed by atoms with Crippen molar-refractivity contribution in [1.82, 2.24) is 4.98 Å². The lowest BCUT2D eigenvalue weighted by Crippen LogP contribution is -2.29. The quantitative estimate of drug-likeness (QED) is 0.660. The molecule has 29 heavy (non-hydrogen) atoms. The second-order valence-corrected chi connectivity index (χ2v) is 10.8. The zero-order valence-corrected chi connectivity index (χ0v) is 18.5. The third-order valence-corrected chi connectivity index (χ3v) is 6.13. The Morgan fingerprint density at radius 2 is 1.41 bits per heavy atom. The number of benzene rings is 1. The third kappa shape index (κ3) is 4.22. The molecule has 0 unspecified atom stereocenters. The first-order chi connectivity index (χ1) is 13.3. The summed E-state index contributed by atoms with van der Waals surface area (Å²) in [7, 11) is -4.02. The summed E-state index contributed by atoms with van der Waals surface area (Å²) in [5, 5.41) is 0.726. The fourth-order valence-corrected chi connectivity index (χ4v) is 4.40. The predicted molar refractivity (Wildman–Crippen MR) is 116 cm³/mol. The molecule has 0 amide bonds. The van der Waals surface area contributed by atoms with E-state index in [1.54, 1.807) is 30.5 Å². The number of aromatic nitrogens is 1. The first-order valence-electron chi connectivity index (χ1n) is 9.48. The van der Waals surface area contributed by atoms with Gasteiger partial charge in [-0.2, -0.15) is 12.8 Å². The van der Waals surface area contributed by atoms with E-state index in [0.29, 0.717) is 16.7 Å². The number of carbonyl (C=O) groups is 1. The Bertz CT molecular complexity index is 1150. The van der Waals surface area contributed by atoms with E-state index in [-0.39, 0.29) is 16.4 Å². The molecule has 0 saturated carbocycles. The lowest BCUT2D eigenvalue weighted by Gasteiger charge is -2.30. The van der Waals surface area contributed by atoms with Gasteiger partial charge in [0.25, 0.3) is 10.0 Å². The number of nitrogens with zero attached hydrogens (tertiary/aromatic N) is 2. The van der Waals surface area contributed by atoms with E-state index in [4.69, 9.17) is 0 Å². The maximum atomic E-state index is 13.1. The summed E-state index contributed by atoms with van der Waals surface area (Å²) in [6.45, 7) is 11.6. The summed E-state index contributed by atoms with van der Waals surface area (Å²) >= 11 is 0. The molecule has 0 saturated heterocycles. The summed E-state index contributed by atoms with van der Waals surface area (Å²) in [5.74, 6) is -0.0619. The van der Waals surface area contributed by atoms with Gasteiger partial charge in [0, 0.05) is 22.7 Å². The molecular formula is C23H26N2O3S. The van der Waals surface area contributed by atoms with Crippen molar-refractivity contribution in [3.05, 3.63) is 59.8 Å². The van der Waals surface area contributed by atoms with Crippen molar-refractivity contribution >= 4 is 32.4 Å². The normalized spacial score (nSPS) is 15.9. The van der Waals surface area contributed by atoms with Gasteiger partial charge < -0.3 is 0 Å². The number of carbonyl (C=O) groups excluding carboxylic acids is 1. The van der Waals surface area contributed by atoms with E-state index in [2.05, 4.69) is 9.38 Å². The van der Waals surface area contributed by atoms with Crippen LogP contribution in [0.5, 0.6) is 0 Å². The Morgan fingerprint density at radius 1 is 0.862 bits per heavy atom. The Kier molecular flexibility index (Phi) is 5.11. The molecule has 3 rings (SSSR count). The van der Waals surface area contributed by atoms with E-state index >= 15 is 0 Å². The lowest BCUT2D eigenvalue weighted by atomic mass is 9.72. The summed E-state index contributed by atoms with van der Waals surface area (Å²) in [6.07, 6.45) is 4.74. The van der Waals surface area contributed by atoms with Crippen molar-refractivity contribution in [1.29, 1.82) is 0 Å². The Labute approximate surface area is 172 Å². The standard InChI is InChI=1S/C23H26N2O3S/c1-22(2,3)17-13-16(14-18(21(17)26)23(4,5)6)25-29(27,28)19-11-7-9-15-10-8-12-24-20(15)19/h7-14H,1-6H3. The van der Waals surface area contributed by atoms with Gasteiger partial charge in [0.1, 0.15) is 4.90 Å². The van der Waals surface area contributed by atoms with Gasteiger partial charge in [0.05, 0.1) is 11.2 Å². The highest BCUT2D eigenvalue weighted by molar-refractivity contribution is 7.90. The zero-order chi connectivity index (χ0) is 21.6. The van der Waals surface area contributed by atoms with Crippen LogP contribution in [0, 0.1) is 10.8 Å². The largest absolute Gasteiger partial charge is 0.289 e. The highest BCUT2D eigenvalue weighted by Crippen LogP contribution is 2.37. The molecule has 0 spiro atoms. The smallest absolute Gasteiger partial charge is 0.285 e. The van der Waals surface area contributed by atoms with Crippen LogP contribution in [0.2, 0.25) is 0 Å². The number of pyridine rings is 1. The number of sulfonamides is 1. The minimum Gasteiger partial charge on any atom is -0.289 e. The van der Waals surface area contributed by atoms with Gasteiger partial charge in [-0.25, -0.2) is 0 Å². The van der Waals surface area contributed by atoms with Crippen LogP contribution in [0.4, 0.5) is 0 Å². The van der Waals surface area contributed by atoms with Crippen molar-refractivity contribution in [3.63, 3.8) is 0 Å². The summed E-state index contributed by atoms with van der Waals surface area (Å²) < 4.78 is 30.4. The summed E-state index contributed by atoms with van der Waals surface area (Å²) in [5.41, 5.74) is 0.865. The minimum atomic E-state index is -4.02. The van der Waals surface area contributed by atoms with Crippen molar-refractivity contribution in [2.45, 2.75) is 46.4 Å². The van der Waals surface area contributed by atoms with Crippen LogP contribution >= 0.6 is 0 Å². The Balaban J connectivity index is 2.22. The van der Waals surface area contributed by atoms with Crippen LogP contribution in [0.3, 0.4) is 0 Å². The number of rotatable bonds is 2. The summed E-state index contributed by atoms with van der Waals surface area (Å²) in [4.78, 5) is 17.3.